The number of carbonyl (C=O) groups excluding carboxylic acids is 1. The molecule has 1 amide bonds. The average Bonchev–Trinajstić information content (AvgIpc) is 3.04. The zero-order chi connectivity index (χ0) is 12.4. The number of thioether (sulfide) groups is 1. The van der Waals surface area contributed by atoms with Gasteiger partial charge >= 0.3 is 0 Å². The molecule has 0 spiro atoms. The average molecular weight is 267 g/mol. The standard InChI is InChI=1S/C11H13N3OS2/c1-2-16-11-7(5-12)8(13)9(17-11)10(15)14-6-3-4-6/h6H,2-4,13H2,1H3,(H,14,15). The molecule has 1 aliphatic rings. The van der Waals surface area contributed by atoms with E-state index < -0.39 is 0 Å². The van der Waals surface area contributed by atoms with Gasteiger partial charge in [-0.15, -0.1) is 23.1 Å². The van der Waals surface area contributed by atoms with Gasteiger partial charge in [-0.2, -0.15) is 5.26 Å². The number of carbonyl (C=O) groups is 1. The summed E-state index contributed by atoms with van der Waals surface area (Å²) < 4.78 is 0.841. The first-order valence-electron chi connectivity index (χ1n) is 5.43. The number of hydrogen-bond donors (Lipinski definition) is 2. The molecule has 0 aromatic carbocycles. The number of anilines is 1. The first-order chi connectivity index (χ1) is 8.17. The van der Waals surface area contributed by atoms with Gasteiger partial charge in [-0.05, 0) is 18.6 Å². The summed E-state index contributed by atoms with van der Waals surface area (Å²) in [4.78, 5) is 12.4. The lowest BCUT2D eigenvalue weighted by Crippen LogP contribution is -2.25. The van der Waals surface area contributed by atoms with E-state index in [1.807, 2.05) is 6.92 Å². The van der Waals surface area contributed by atoms with Gasteiger partial charge in [-0.3, -0.25) is 4.79 Å². The Morgan fingerprint density at radius 3 is 2.94 bits per heavy atom. The van der Waals surface area contributed by atoms with Crippen LogP contribution in [0.25, 0.3) is 0 Å². The minimum Gasteiger partial charge on any atom is -0.396 e. The predicted octanol–water partition coefficient (Wildman–Crippen LogP) is 2.21. The number of thiophene rings is 1. The van der Waals surface area contributed by atoms with E-state index in [0.29, 0.717) is 22.2 Å². The number of nitrogens with one attached hydrogen (secondary N) is 1. The Morgan fingerprint density at radius 1 is 1.71 bits per heavy atom. The Morgan fingerprint density at radius 2 is 2.41 bits per heavy atom. The van der Waals surface area contributed by atoms with Crippen molar-refractivity contribution < 1.29 is 4.79 Å². The number of nitriles is 1. The summed E-state index contributed by atoms with van der Waals surface area (Å²) in [6, 6.07) is 2.38. The number of nitrogen functional groups attached to an aromatic ring is 1. The van der Waals surface area contributed by atoms with Crippen molar-refractivity contribution in [1.29, 1.82) is 5.26 Å². The van der Waals surface area contributed by atoms with Crippen molar-refractivity contribution in [1.82, 2.24) is 5.32 Å². The third-order valence-corrected chi connectivity index (χ3v) is 4.78. The Labute approximate surface area is 108 Å². The molecule has 4 nitrogen and oxygen atoms in total. The van der Waals surface area contributed by atoms with E-state index in [2.05, 4.69) is 11.4 Å². The van der Waals surface area contributed by atoms with Crippen LogP contribution < -0.4 is 11.1 Å². The summed E-state index contributed by atoms with van der Waals surface area (Å²) in [5.74, 6) is 0.715. The van der Waals surface area contributed by atoms with Gasteiger partial charge in [0, 0.05) is 6.04 Å². The number of rotatable bonds is 4. The molecular weight excluding hydrogens is 254 g/mol. The van der Waals surface area contributed by atoms with Crippen molar-refractivity contribution in [3.8, 4) is 6.07 Å². The van der Waals surface area contributed by atoms with E-state index in [-0.39, 0.29) is 5.91 Å². The highest BCUT2D eigenvalue weighted by Gasteiger charge is 2.27. The van der Waals surface area contributed by atoms with Crippen molar-refractivity contribution >= 4 is 34.7 Å². The summed E-state index contributed by atoms with van der Waals surface area (Å²) in [6.07, 6.45) is 2.08. The van der Waals surface area contributed by atoms with Gasteiger partial charge in [0.25, 0.3) is 5.91 Å². The second-order valence-corrected chi connectivity index (χ2v) is 6.35. The Hall–Kier alpha value is -1.19. The molecule has 1 fully saturated rings. The van der Waals surface area contributed by atoms with Crippen molar-refractivity contribution in [3.05, 3.63) is 10.4 Å². The summed E-state index contributed by atoms with van der Waals surface area (Å²) >= 11 is 2.87. The molecule has 3 N–H and O–H groups in total. The molecule has 0 aliphatic heterocycles. The molecule has 2 rings (SSSR count). The van der Waals surface area contributed by atoms with Gasteiger partial charge in [-0.1, -0.05) is 6.92 Å². The number of nitrogens with two attached hydrogens (primary N) is 1. The van der Waals surface area contributed by atoms with E-state index >= 15 is 0 Å². The molecule has 0 unspecified atom stereocenters. The molecule has 90 valence electrons. The van der Waals surface area contributed by atoms with Crippen molar-refractivity contribution in [3.63, 3.8) is 0 Å². The van der Waals surface area contributed by atoms with E-state index in [0.717, 1.165) is 22.8 Å². The van der Waals surface area contributed by atoms with Gasteiger partial charge in [0.05, 0.1) is 9.90 Å². The summed E-state index contributed by atoms with van der Waals surface area (Å²) in [6.45, 7) is 2.01. The molecule has 1 saturated carbocycles. The maximum absolute atomic E-state index is 11.9. The van der Waals surface area contributed by atoms with Crippen molar-refractivity contribution in [2.24, 2.45) is 0 Å². The van der Waals surface area contributed by atoms with Crippen LogP contribution in [0.5, 0.6) is 0 Å². The SMILES string of the molecule is CCSc1sc(C(=O)NC2CC2)c(N)c1C#N. The molecule has 17 heavy (non-hydrogen) atoms. The number of hydrogen-bond acceptors (Lipinski definition) is 5. The van der Waals surface area contributed by atoms with Gasteiger partial charge in [-0.25, -0.2) is 0 Å². The third-order valence-electron chi connectivity index (χ3n) is 2.42. The fourth-order valence-electron chi connectivity index (χ4n) is 1.41. The molecule has 0 radical (unpaired) electrons. The molecule has 0 bridgehead atoms. The van der Waals surface area contributed by atoms with Crippen LogP contribution in [0.3, 0.4) is 0 Å². The normalized spacial score (nSPS) is 14.4. The summed E-state index contributed by atoms with van der Waals surface area (Å²) in [7, 11) is 0. The van der Waals surface area contributed by atoms with Crippen LogP contribution in [0, 0.1) is 11.3 Å². The van der Waals surface area contributed by atoms with Crippen LogP contribution in [-0.4, -0.2) is 17.7 Å². The fourth-order valence-corrected chi connectivity index (χ4v) is 3.62. The molecule has 1 aromatic heterocycles. The Balaban J connectivity index is 2.27. The van der Waals surface area contributed by atoms with Crippen molar-refractivity contribution in [2.75, 3.05) is 11.5 Å². The Kier molecular flexibility index (Phi) is 3.60. The van der Waals surface area contributed by atoms with E-state index in [1.54, 1.807) is 11.8 Å². The zero-order valence-electron chi connectivity index (χ0n) is 9.45. The third kappa shape index (κ3) is 2.56. The predicted molar refractivity (Wildman–Crippen MR) is 70.3 cm³/mol. The number of nitrogens with zero attached hydrogens (tertiary/aromatic N) is 1. The smallest absolute Gasteiger partial charge is 0.263 e. The maximum atomic E-state index is 11.9. The quantitative estimate of drug-likeness (QED) is 0.820. The minimum atomic E-state index is -0.144. The first-order valence-corrected chi connectivity index (χ1v) is 7.23. The molecular formula is C11H13N3OS2. The highest BCUT2D eigenvalue weighted by Crippen LogP contribution is 2.37. The molecule has 6 heteroatoms. The van der Waals surface area contributed by atoms with Crippen LogP contribution in [0.15, 0.2) is 4.21 Å². The topological polar surface area (TPSA) is 78.9 Å². The van der Waals surface area contributed by atoms with Crippen molar-refractivity contribution in [2.45, 2.75) is 30.0 Å². The lowest BCUT2D eigenvalue weighted by molar-refractivity contribution is 0.0956. The lowest BCUT2D eigenvalue weighted by Gasteiger charge is -2.00. The van der Waals surface area contributed by atoms with Gasteiger partial charge < -0.3 is 11.1 Å². The summed E-state index contributed by atoms with van der Waals surface area (Å²) in [5.41, 5.74) is 6.63. The van der Waals surface area contributed by atoms with Gasteiger partial charge in [0.15, 0.2) is 0 Å². The highest BCUT2D eigenvalue weighted by molar-refractivity contribution is 8.01. The molecule has 0 atom stereocenters. The van der Waals surface area contributed by atoms with Crippen LogP contribution in [-0.2, 0) is 0 Å². The molecule has 1 heterocycles. The highest BCUT2D eigenvalue weighted by atomic mass is 32.2. The van der Waals surface area contributed by atoms with Crippen LogP contribution in [0.2, 0.25) is 0 Å². The lowest BCUT2D eigenvalue weighted by atomic mass is 10.2. The summed E-state index contributed by atoms with van der Waals surface area (Å²) in [5, 5.41) is 11.9. The number of amides is 1. The zero-order valence-corrected chi connectivity index (χ0v) is 11.1. The van der Waals surface area contributed by atoms with Crippen LogP contribution in [0.1, 0.15) is 35.0 Å². The van der Waals surface area contributed by atoms with Gasteiger partial charge in [0.2, 0.25) is 0 Å². The monoisotopic (exact) mass is 267 g/mol. The van der Waals surface area contributed by atoms with E-state index in [4.69, 9.17) is 11.0 Å². The van der Waals surface area contributed by atoms with Crippen LogP contribution in [0.4, 0.5) is 5.69 Å². The largest absolute Gasteiger partial charge is 0.396 e. The fraction of sp³-hybridized carbons (Fsp3) is 0.455. The molecule has 0 saturated heterocycles. The van der Waals surface area contributed by atoms with Crippen LogP contribution >= 0.6 is 23.1 Å². The molecule has 1 aromatic rings. The second-order valence-electron chi connectivity index (χ2n) is 3.80. The Bertz CT molecular complexity index is 486. The second kappa shape index (κ2) is 4.98. The van der Waals surface area contributed by atoms with Gasteiger partial charge in [0.1, 0.15) is 16.5 Å². The minimum absolute atomic E-state index is 0.144. The van der Waals surface area contributed by atoms with E-state index in [9.17, 15) is 4.79 Å². The van der Waals surface area contributed by atoms with E-state index in [1.165, 1.54) is 11.3 Å². The molecule has 1 aliphatic carbocycles. The maximum Gasteiger partial charge on any atom is 0.263 e. The first kappa shape index (κ1) is 12.3.